The van der Waals surface area contributed by atoms with Crippen LogP contribution in [0.4, 0.5) is 0 Å². The molecule has 0 N–H and O–H groups in total. The zero-order valence-corrected chi connectivity index (χ0v) is 25.4. The lowest BCUT2D eigenvalue weighted by atomic mass is 9.82. The molecule has 11 rings (SSSR count). The van der Waals surface area contributed by atoms with Crippen molar-refractivity contribution in [2.45, 2.75) is 0 Å². The number of hydrogen-bond donors (Lipinski definition) is 0. The third-order valence-corrected chi connectivity index (χ3v) is 8.57. The highest BCUT2D eigenvalue weighted by Gasteiger charge is 2.22. The second-order valence-electron chi connectivity index (χ2n) is 11.3. The van der Waals surface area contributed by atoms with Crippen LogP contribution >= 0.6 is 0 Å². The molecule has 0 unspecified atom stereocenters. The molecule has 0 atom stereocenters. The molecule has 0 spiro atoms. The van der Waals surface area contributed by atoms with E-state index in [4.69, 9.17) is 26.3 Å². The highest BCUT2D eigenvalue weighted by molar-refractivity contribution is 6.28. The number of fused-ring (bicyclic) bond motifs is 9. The zero-order valence-electron chi connectivity index (χ0n) is 55.4. The van der Waals surface area contributed by atoms with Crippen molar-refractivity contribution in [2.24, 2.45) is 0 Å². The summed E-state index contributed by atoms with van der Waals surface area (Å²) in [5, 5.41) is -8.35. The van der Waals surface area contributed by atoms with Gasteiger partial charge >= 0.3 is 0 Å². The first-order valence-electron chi connectivity index (χ1n) is 30.2. The molecule has 0 fully saturated rings. The van der Waals surface area contributed by atoms with E-state index in [2.05, 4.69) is 0 Å². The Kier molecular flexibility index (Phi) is 2.50. The molecule has 0 aliphatic rings. The molecule has 10 aromatic carbocycles. The molecule has 0 saturated carbocycles. The molecule has 0 amide bonds. The minimum Gasteiger partial charge on any atom is -0.456 e. The van der Waals surface area contributed by atoms with Crippen LogP contribution < -0.4 is 0 Å². The monoisotopic (exact) mass is 676 g/mol. The van der Waals surface area contributed by atoms with Crippen molar-refractivity contribution >= 4 is 75.8 Å². The largest absolute Gasteiger partial charge is 0.456 e. The molecule has 1 nitrogen and oxygen atoms in total. The Hall–Kier alpha value is -6.70. The molecule has 1 heteroatoms. The molecule has 51 heavy (non-hydrogen) atoms. The highest BCUT2D eigenvalue weighted by Crippen LogP contribution is 2.49. The molecule has 1 heterocycles. The Labute approximate surface area is 336 Å². The van der Waals surface area contributed by atoms with Gasteiger partial charge in [0.05, 0.1) is 41.1 Å². The van der Waals surface area contributed by atoms with E-state index in [0.29, 0.717) is 0 Å². The first-order valence-corrected chi connectivity index (χ1v) is 15.2. The van der Waals surface area contributed by atoms with Crippen molar-refractivity contribution in [3.05, 3.63) is 181 Å². The summed E-state index contributed by atoms with van der Waals surface area (Å²) in [6, 6.07) is -29.0. The van der Waals surface area contributed by atoms with Gasteiger partial charge in [0.2, 0.25) is 0 Å². The second kappa shape index (κ2) is 10.9. The molecular formula is C50H30O. The smallest absolute Gasteiger partial charge is 0.136 e. The third kappa shape index (κ3) is 4.22. The Bertz CT molecular complexity index is 4900. The van der Waals surface area contributed by atoms with E-state index in [9.17, 15) is 19.2 Å². The molecule has 0 aliphatic carbocycles. The normalized spacial score (nSPS) is 20.2. The molecule has 0 radical (unpaired) electrons. The predicted molar refractivity (Wildman–Crippen MR) is 218 cm³/mol. The van der Waals surface area contributed by atoms with Gasteiger partial charge in [-0.1, -0.05) is 157 Å². The van der Waals surface area contributed by atoms with Crippen molar-refractivity contribution in [3.63, 3.8) is 0 Å². The molecule has 0 aliphatic heterocycles. The number of rotatable bonds is 3. The van der Waals surface area contributed by atoms with Crippen LogP contribution in [-0.4, -0.2) is 0 Å². The van der Waals surface area contributed by atoms with E-state index in [0.717, 1.165) is 0 Å². The van der Waals surface area contributed by atoms with Crippen molar-refractivity contribution in [1.82, 2.24) is 0 Å². The van der Waals surface area contributed by atoms with Crippen molar-refractivity contribution in [1.29, 1.82) is 0 Å². The van der Waals surface area contributed by atoms with Crippen LogP contribution in [0.15, 0.2) is 186 Å². The summed E-state index contributed by atoms with van der Waals surface area (Å²) in [5.41, 5.74) is -6.46. The molecule has 236 valence electrons. The van der Waals surface area contributed by atoms with Crippen LogP contribution in [0.3, 0.4) is 0 Å². The number of benzene rings is 10. The van der Waals surface area contributed by atoms with Crippen molar-refractivity contribution < 1.29 is 45.5 Å². The van der Waals surface area contributed by atoms with E-state index < -0.39 is 290 Å². The highest BCUT2D eigenvalue weighted by atomic mass is 16.3. The van der Waals surface area contributed by atoms with E-state index in [1.165, 1.54) is 0 Å². The fraction of sp³-hybridized carbons (Fsp3) is 0. The van der Waals surface area contributed by atoms with Gasteiger partial charge in [-0.05, 0) is 111 Å². The summed E-state index contributed by atoms with van der Waals surface area (Å²) in [5.74, 6) is 0. The maximum absolute atomic E-state index is 10.3. The van der Waals surface area contributed by atoms with E-state index in [1.807, 2.05) is 0 Å². The standard InChI is InChI=1S/C50H30O/c1-2-12-31(13-3-1)35-25-27-42-44(28-35)49(39-21-10-20-37-36-17-7-6-14-32(36)24-26-38(37)39)41-19-9-8-18-40(41)48(42)43-22-11-23-46-50(43)45-29-33-15-4-5-16-34(33)30-47(45)51-46/h1-30H/i1D,2D,3D,4D,5D,6D,7D,8D,9D,10D,11D,12D,13D,14D,15D,16D,17D,18D,19D,20D,21D,22D,23D,24D,25D,26D,27D,28D,29D,30D. The lowest BCUT2D eigenvalue weighted by molar-refractivity contribution is 0.669. The van der Waals surface area contributed by atoms with Gasteiger partial charge in [0.15, 0.2) is 0 Å². The number of hydrogen-bond acceptors (Lipinski definition) is 1. The molecule has 0 bridgehead atoms. The fourth-order valence-corrected chi connectivity index (χ4v) is 6.45. The Morgan fingerprint density at radius 3 is 1.75 bits per heavy atom. The van der Waals surface area contributed by atoms with Gasteiger partial charge in [-0.2, -0.15) is 0 Å². The van der Waals surface area contributed by atoms with Gasteiger partial charge in [0, 0.05) is 10.8 Å². The average molecular weight is 677 g/mol. The minimum atomic E-state index is -1.15. The van der Waals surface area contributed by atoms with Crippen LogP contribution in [0.25, 0.3) is 109 Å². The average Bonchev–Trinajstić information content (AvgIpc) is 4.01. The zero-order chi connectivity index (χ0) is 59.6. The lowest BCUT2D eigenvalue weighted by Crippen LogP contribution is -1.93. The Balaban J connectivity index is 1.55. The van der Waals surface area contributed by atoms with Gasteiger partial charge in [-0.3, -0.25) is 0 Å². The lowest BCUT2D eigenvalue weighted by Gasteiger charge is -2.20. The van der Waals surface area contributed by atoms with Crippen LogP contribution in [0.5, 0.6) is 0 Å². The van der Waals surface area contributed by atoms with E-state index in [-0.39, 0.29) is 0 Å². The van der Waals surface area contributed by atoms with E-state index in [1.54, 1.807) is 0 Å². The summed E-state index contributed by atoms with van der Waals surface area (Å²) >= 11 is 0. The predicted octanol–water partition coefficient (Wildman–Crippen LogP) is 14.4. The van der Waals surface area contributed by atoms with Gasteiger partial charge < -0.3 is 4.42 Å². The van der Waals surface area contributed by atoms with Gasteiger partial charge in [-0.15, -0.1) is 0 Å². The third-order valence-electron chi connectivity index (χ3n) is 8.57. The van der Waals surface area contributed by atoms with Gasteiger partial charge in [0.25, 0.3) is 0 Å². The summed E-state index contributed by atoms with van der Waals surface area (Å²) < 4.78 is 281. The first kappa shape index (κ1) is 11.7. The summed E-state index contributed by atoms with van der Waals surface area (Å²) in [4.78, 5) is 0. The molecule has 11 aromatic rings. The summed E-state index contributed by atoms with van der Waals surface area (Å²) in [6.45, 7) is 0. The van der Waals surface area contributed by atoms with Crippen LogP contribution in [0, 0.1) is 0 Å². The quantitative estimate of drug-likeness (QED) is 0.134. The van der Waals surface area contributed by atoms with Crippen molar-refractivity contribution in [2.75, 3.05) is 0 Å². The number of furan rings is 1. The Morgan fingerprint density at radius 1 is 0.314 bits per heavy atom. The van der Waals surface area contributed by atoms with Gasteiger partial charge in [-0.25, -0.2) is 0 Å². The van der Waals surface area contributed by atoms with Crippen LogP contribution in [0.1, 0.15) is 41.1 Å². The molecular weight excluding hydrogens is 617 g/mol. The minimum absolute atomic E-state index is 0.526. The maximum Gasteiger partial charge on any atom is 0.136 e. The topological polar surface area (TPSA) is 13.1 Å². The fourth-order valence-electron chi connectivity index (χ4n) is 6.45. The summed E-state index contributed by atoms with van der Waals surface area (Å²) in [6.07, 6.45) is 0. The van der Waals surface area contributed by atoms with Crippen LogP contribution in [-0.2, 0) is 0 Å². The van der Waals surface area contributed by atoms with Gasteiger partial charge in [0.1, 0.15) is 11.2 Å². The molecule has 0 saturated heterocycles. The maximum atomic E-state index is 10.3. The van der Waals surface area contributed by atoms with E-state index >= 15 is 0 Å². The second-order valence-corrected chi connectivity index (χ2v) is 11.3. The molecule has 1 aromatic heterocycles. The van der Waals surface area contributed by atoms with Crippen molar-refractivity contribution in [3.8, 4) is 33.4 Å². The van der Waals surface area contributed by atoms with Crippen LogP contribution in [0.2, 0.25) is 0 Å². The SMILES string of the molecule is [2H]c1c([2H])c([2H])c(-c2c([2H])c([2H])c3c(-c4c([2H])c([2H])c([2H])c5oc6c([2H])c7c([2H])c([2H])c([2H])c([2H])c7c([2H])c6c45)c4c([2H])c([2H])c([2H])c([2H])c4c(-c4c([2H])c([2H])c([2H])c5c4c([2H])c([2H])c4c([2H])c([2H])c([2H])c([2H])c45)c3c2[2H])c([2H])c1[2H]. The Morgan fingerprint density at radius 2 is 0.922 bits per heavy atom. The summed E-state index contributed by atoms with van der Waals surface area (Å²) in [7, 11) is 0. The first-order chi connectivity index (χ1) is 37.8.